The summed E-state index contributed by atoms with van der Waals surface area (Å²) in [5, 5.41) is 14.7. The number of aliphatic hydroxyl groups is 1. The Morgan fingerprint density at radius 3 is 2.55 bits per heavy atom. The second kappa shape index (κ2) is 9.85. The van der Waals surface area contributed by atoms with Crippen LogP contribution in [0, 0.1) is 5.92 Å². The summed E-state index contributed by atoms with van der Waals surface area (Å²) in [6.45, 7) is 2.37. The molecule has 0 amide bonds. The Bertz CT molecular complexity index is 980. The lowest BCUT2D eigenvalue weighted by atomic mass is 9.88. The van der Waals surface area contributed by atoms with E-state index in [1.165, 1.54) is 12.7 Å². The number of carbonyl (C=O) groups is 1. The number of esters is 1. The fourth-order valence-corrected chi connectivity index (χ4v) is 4.02. The van der Waals surface area contributed by atoms with E-state index >= 15 is 0 Å². The third-order valence-corrected chi connectivity index (χ3v) is 5.86. The molecule has 1 fully saturated rings. The molecular formula is C24H27N3O4. The highest BCUT2D eigenvalue weighted by molar-refractivity contribution is 5.89. The number of carbonyl (C=O) groups excluding carboxylic acids is 1. The summed E-state index contributed by atoms with van der Waals surface area (Å²) in [5.74, 6) is 0.996. The standard InChI is InChI=1S/C24H27N3O4/c1-30-24(29)20-9-7-19(8-10-20)23-25-22(31-26-23)16-27-13-11-18(12-14-27)21(28)15-17-5-3-2-4-6-17/h2-10,18,21,28H,11-16H2,1H3/t21-/m1/s1. The van der Waals surface area contributed by atoms with Crippen LogP contribution in [0.4, 0.5) is 0 Å². The molecule has 3 aromatic rings. The van der Waals surface area contributed by atoms with E-state index in [0.717, 1.165) is 31.5 Å². The number of hydrogen-bond donors (Lipinski definition) is 1. The van der Waals surface area contributed by atoms with Crippen molar-refractivity contribution in [3.63, 3.8) is 0 Å². The maximum absolute atomic E-state index is 11.6. The largest absolute Gasteiger partial charge is 0.465 e. The number of rotatable bonds is 7. The summed E-state index contributed by atoms with van der Waals surface area (Å²) in [7, 11) is 1.36. The molecule has 7 heteroatoms. The molecular weight excluding hydrogens is 394 g/mol. The average molecular weight is 421 g/mol. The molecule has 2 heterocycles. The molecule has 2 aromatic carbocycles. The van der Waals surface area contributed by atoms with E-state index in [1.54, 1.807) is 24.3 Å². The first-order chi connectivity index (χ1) is 15.1. The van der Waals surface area contributed by atoms with Gasteiger partial charge in [0.15, 0.2) is 0 Å². The minimum absolute atomic E-state index is 0.308. The van der Waals surface area contributed by atoms with Gasteiger partial charge in [-0.25, -0.2) is 4.79 Å². The summed E-state index contributed by atoms with van der Waals surface area (Å²) in [6.07, 6.45) is 2.29. The molecule has 4 rings (SSSR count). The Morgan fingerprint density at radius 1 is 1.16 bits per heavy atom. The first-order valence-corrected chi connectivity index (χ1v) is 10.6. The van der Waals surface area contributed by atoms with E-state index in [0.29, 0.717) is 36.2 Å². The zero-order valence-corrected chi connectivity index (χ0v) is 17.6. The number of piperidine rings is 1. The molecule has 0 unspecified atom stereocenters. The average Bonchev–Trinajstić information content (AvgIpc) is 3.28. The van der Waals surface area contributed by atoms with Gasteiger partial charge in [0.2, 0.25) is 11.7 Å². The Morgan fingerprint density at radius 2 is 1.87 bits per heavy atom. The minimum atomic E-state index is -0.377. The second-order valence-electron chi connectivity index (χ2n) is 7.95. The molecule has 1 aliphatic heterocycles. The summed E-state index contributed by atoms with van der Waals surface area (Å²) < 4.78 is 10.1. The molecule has 0 aliphatic carbocycles. The molecule has 0 radical (unpaired) electrons. The lowest BCUT2D eigenvalue weighted by Gasteiger charge is -2.33. The molecule has 0 saturated carbocycles. The van der Waals surface area contributed by atoms with E-state index in [9.17, 15) is 9.90 Å². The summed E-state index contributed by atoms with van der Waals surface area (Å²) >= 11 is 0. The van der Waals surface area contributed by atoms with Crippen LogP contribution in [0.25, 0.3) is 11.4 Å². The zero-order chi connectivity index (χ0) is 21.6. The predicted molar refractivity (Wildman–Crippen MR) is 115 cm³/mol. The molecule has 1 atom stereocenters. The van der Waals surface area contributed by atoms with Crippen molar-refractivity contribution < 1.29 is 19.2 Å². The van der Waals surface area contributed by atoms with Crippen LogP contribution in [-0.2, 0) is 17.7 Å². The van der Waals surface area contributed by atoms with Gasteiger partial charge in [0.25, 0.3) is 0 Å². The predicted octanol–water partition coefficient (Wildman–Crippen LogP) is 3.34. The topological polar surface area (TPSA) is 88.7 Å². The monoisotopic (exact) mass is 421 g/mol. The van der Waals surface area contributed by atoms with E-state index in [-0.39, 0.29) is 12.1 Å². The van der Waals surface area contributed by atoms with Gasteiger partial charge in [0, 0.05) is 5.56 Å². The van der Waals surface area contributed by atoms with Crippen molar-refractivity contribution in [3.8, 4) is 11.4 Å². The smallest absolute Gasteiger partial charge is 0.337 e. The second-order valence-corrected chi connectivity index (χ2v) is 7.95. The van der Waals surface area contributed by atoms with Crippen molar-refractivity contribution >= 4 is 5.97 Å². The van der Waals surface area contributed by atoms with Gasteiger partial charge in [-0.3, -0.25) is 4.90 Å². The maximum Gasteiger partial charge on any atom is 0.337 e. The molecule has 7 nitrogen and oxygen atoms in total. The Hall–Kier alpha value is -3.03. The molecule has 1 aromatic heterocycles. The van der Waals surface area contributed by atoms with Gasteiger partial charge in [0.1, 0.15) is 0 Å². The Labute approximate surface area is 181 Å². The first kappa shape index (κ1) is 21.2. The first-order valence-electron chi connectivity index (χ1n) is 10.6. The number of benzene rings is 2. The third-order valence-electron chi connectivity index (χ3n) is 5.86. The van der Waals surface area contributed by atoms with Crippen molar-refractivity contribution in [2.45, 2.75) is 31.9 Å². The van der Waals surface area contributed by atoms with E-state index < -0.39 is 0 Å². The SMILES string of the molecule is COC(=O)c1ccc(-c2noc(CN3CCC([C@H](O)Cc4ccccc4)CC3)n2)cc1. The van der Waals surface area contributed by atoms with Crippen LogP contribution in [0.1, 0.15) is 34.7 Å². The van der Waals surface area contributed by atoms with Gasteiger partial charge in [-0.15, -0.1) is 0 Å². The quantitative estimate of drug-likeness (QED) is 0.585. The van der Waals surface area contributed by atoms with Crippen molar-refractivity contribution in [1.82, 2.24) is 15.0 Å². The number of methoxy groups -OCH3 is 1. The normalized spacial score (nSPS) is 16.2. The van der Waals surface area contributed by atoms with Crippen LogP contribution >= 0.6 is 0 Å². The van der Waals surface area contributed by atoms with Crippen molar-refractivity contribution in [3.05, 3.63) is 71.6 Å². The van der Waals surface area contributed by atoms with Crippen molar-refractivity contribution in [1.29, 1.82) is 0 Å². The van der Waals surface area contributed by atoms with E-state index in [2.05, 4.69) is 27.2 Å². The number of ether oxygens (including phenoxy) is 1. The van der Waals surface area contributed by atoms with Gasteiger partial charge in [-0.1, -0.05) is 47.6 Å². The number of aliphatic hydroxyl groups excluding tert-OH is 1. The third kappa shape index (κ3) is 5.37. The van der Waals surface area contributed by atoms with Crippen LogP contribution in [0.5, 0.6) is 0 Å². The minimum Gasteiger partial charge on any atom is -0.465 e. The van der Waals surface area contributed by atoms with E-state index in [4.69, 9.17) is 9.26 Å². The highest BCUT2D eigenvalue weighted by Gasteiger charge is 2.26. The van der Waals surface area contributed by atoms with Crippen LogP contribution in [0.3, 0.4) is 0 Å². The Kier molecular flexibility index (Phi) is 6.74. The van der Waals surface area contributed by atoms with Gasteiger partial charge >= 0.3 is 5.97 Å². The summed E-state index contributed by atoms with van der Waals surface area (Å²) in [5.41, 5.74) is 2.44. The highest BCUT2D eigenvalue weighted by atomic mass is 16.5. The number of aromatic nitrogens is 2. The van der Waals surface area contributed by atoms with Gasteiger partial charge in [-0.2, -0.15) is 4.98 Å². The number of likely N-dealkylation sites (tertiary alicyclic amines) is 1. The molecule has 162 valence electrons. The zero-order valence-electron chi connectivity index (χ0n) is 17.6. The van der Waals surface area contributed by atoms with Crippen molar-refractivity contribution in [2.75, 3.05) is 20.2 Å². The Balaban J connectivity index is 1.28. The molecule has 0 bridgehead atoms. The highest BCUT2D eigenvalue weighted by Crippen LogP contribution is 2.24. The fourth-order valence-electron chi connectivity index (χ4n) is 4.02. The van der Waals surface area contributed by atoms with Crippen molar-refractivity contribution in [2.24, 2.45) is 5.92 Å². The van der Waals surface area contributed by atoms with Gasteiger partial charge in [-0.05, 0) is 56.0 Å². The maximum atomic E-state index is 11.6. The van der Waals surface area contributed by atoms with Crippen LogP contribution in [0.15, 0.2) is 59.1 Å². The van der Waals surface area contributed by atoms with Gasteiger partial charge < -0.3 is 14.4 Å². The summed E-state index contributed by atoms with van der Waals surface area (Å²) in [4.78, 5) is 18.3. The van der Waals surface area contributed by atoms with E-state index in [1.807, 2.05) is 18.2 Å². The van der Waals surface area contributed by atoms with Crippen LogP contribution in [-0.4, -0.2) is 52.4 Å². The molecule has 1 aliphatic rings. The summed E-state index contributed by atoms with van der Waals surface area (Å²) in [6, 6.07) is 17.1. The van der Waals surface area contributed by atoms with Crippen LogP contribution in [0.2, 0.25) is 0 Å². The van der Waals surface area contributed by atoms with Crippen LogP contribution < -0.4 is 0 Å². The number of hydrogen-bond acceptors (Lipinski definition) is 7. The lowest BCUT2D eigenvalue weighted by Crippen LogP contribution is -2.38. The number of nitrogens with zero attached hydrogens (tertiary/aromatic N) is 3. The molecule has 0 spiro atoms. The fraction of sp³-hybridized carbons (Fsp3) is 0.375. The van der Waals surface area contributed by atoms with Gasteiger partial charge in [0.05, 0.1) is 25.3 Å². The molecule has 31 heavy (non-hydrogen) atoms. The molecule has 1 saturated heterocycles. The lowest BCUT2D eigenvalue weighted by molar-refractivity contribution is 0.0546. The molecule has 1 N–H and O–H groups in total.